The van der Waals surface area contributed by atoms with Crippen molar-refractivity contribution in [2.45, 2.75) is 38.3 Å². The normalized spacial score (nSPS) is 20.5. The van der Waals surface area contributed by atoms with Crippen LogP contribution in [0, 0.1) is 12.8 Å². The molecular formula is C19H20N4O3. The lowest BCUT2D eigenvalue weighted by atomic mass is 9.75. The molecule has 0 saturated heterocycles. The Balaban J connectivity index is 1.57. The minimum absolute atomic E-state index is 0.113. The van der Waals surface area contributed by atoms with Gasteiger partial charge in [-0.05, 0) is 43.4 Å². The van der Waals surface area contributed by atoms with Crippen LogP contribution in [0.2, 0.25) is 0 Å². The Bertz CT molecular complexity index is 933. The number of nitrogens with zero attached hydrogens (tertiary/aromatic N) is 3. The van der Waals surface area contributed by atoms with E-state index in [4.69, 9.17) is 0 Å². The summed E-state index contributed by atoms with van der Waals surface area (Å²) in [6.07, 6.45) is 2.96. The fraction of sp³-hybridized carbons (Fsp3) is 0.368. The number of rotatable bonds is 5. The summed E-state index contributed by atoms with van der Waals surface area (Å²) in [5.41, 5.74) is 3.01. The van der Waals surface area contributed by atoms with Gasteiger partial charge < -0.3 is 10.4 Å². The lowest BCUT2D eigenvalue weighted by Gasteiger charge is -2.38. The number of carbonyl (C=O) groups excluding carboxylic acids is 1. The SMILES string of the molecule is Cc1nonc1CC(=O)N[C@H](c1cnc2ccccc2c1)C1CC(O)C1. The summed E-state index contributed by atoms with van der Waals surface area (Å²) >= 11 is 0. The van der Waals surface area contributed by atoms with Crippen molar-refractivity contribution in [3.8, 4) is 0 Å². The summed E-state index contributed by atoms with van der Waals surface area (Å²) in [7, 11) is 0. The molecule has 1 aromatic carbocycles. The first-order chi connectivity index (χ1) is 12.6. The molecule has 1 aliphatic carbocycles. The predicted molar refractivity (Wildman–Crippen MR) is 94.1 cm³/mol. The highest BCUT2D eigenvalue weighted by atomic mass is 16.6. The number of aliphatic hydroxyl groups excluding tert-OH is 1. The molecule has 0 aliphatic heterocycles. The zero-order valence-electron chi connectivity index (χ0n) is 14.4. The van der Waals surface area contributed by atoms with E-state index in [1.807, 2.05) is 24.3 Å². The summed E-state index contributed by atoms with van der Waals surface area (Å²) < 4.78 is 4.65. The van der Waals surface area contributed by atoms with Crippen molar-refractivity contribution < 1.29 is 14.5 Å². The van der Waals surface area contributed by atoms with Gasteiger partial charge in [-0.1, -0.05) is 28.5 Å². The van der Waals surface area contributed by atoms with Gasteiger partial charge in [-0.25, -0.2) is 4.63 Å². The first-order valence-electron chi connectivity index (χ1n) is 8.70. The van der Waals surface area contributed by atoms with Crippen molar-refractivity contribution in [3.63, 3.8) is 0 Å². The zero-order valence-corrected chi connectivity index (χ0v) is 14.4. The molecule has 0 spiro atoms. The topological polar surface area (TPSA) is 101 Å². The Morgan fingerprint density at radius 3 is 2.88 bits per heavy atom. The average Bonchev–Trinajstić information content (AvgIpc) is 3.01. The van der Waals surface area contributed by atoms with Crippen LogP contribution in [0.5, 0.6) is 0 Å². The Morgan fingerprint density at radius 2 is 2.15 bits per heavy atom. The molecule has 4 rings (SSSR count). The molecule has 0 radical (unpaired) electrons. The molecule has 7 heteroatoms. The van der Waals surface area contributed by atoms with Gasteiger partial charge in [0.2, 0.25) is 5.91 Å². The third kappa shape index (κ3) is 3.30. The van der Waals surface area contributed by atoms with E-state index in [1.165, 1.54) is 0 Å². The fourth-order valence-corrected chi connectivity index (χ4v) is 3.42. The van der Waals surface area contributed by atoms with Crippen molar-refractivity contribution >= 4 is 16.8 Å². The quantitative estimate of drug-likeness (QED) is 0.729. The highest BCUT2D eigenvalue weighted by Crippen LogP contribution is 2.38. The van der Waals surface area contributed by atoms with Crippen LogP contribution >= 0.6 is 0 Å². The molecule has 1 amide bonds. The largest absolute Gasteiger partial charge is 0.393 e. The zero-order chi connectivity index (χ0) is 18.1. The standard InChI is InChI=1S/C19H20N4O3/c1-11-17(23-26-22-11)9-18(25)21-19(13-7-15(24)8-13)14-6-12-4-2-3-5-16(12)20-10-14/h2-6,10,13,15,19,24H,7-9H2,1H3,(H,21,25)/t13?,15?,19-/m0/s1. The molecule has 0 bridgehead atoms. The molecule has 134 valence electrons. The summed E-state index contributed by atoms with van der Waals surface area (Å²) in [5, 5.41) is 21.3. The van der Waals surface area contributed by atoms with Gasteiger partial charge in [0.15, 0.2) is 0 Å². The monoisotopic (exact) mass is 352 g/mol. The number of aryl methyl sites for hydroxylation is 1. The number of carbonyl (C=O) groups is 1. The van der Waals surface area contributed by atoms with Crippen LogP contribution in [-0.4, -0.2) is 32.4 Å². The summed E-state index contributed by atoms with van der Waals surface area (Å²) in [4.78, 5) is 17.0. The lowest BCUT2D eigenvalue weighted by Crippen LogP contribution is -2.42. The number of fused-ring (bicyclic) bond motifs is 1. The van der Waals surface area contributed by atoms with E-state index in [0.717, 1.165) is 16.5 Å². The minimum Gasteiger partial charge on any atom is -0.393 e. The Morgan fingerprint density at radius 1 is 1.35 bits per heavy atom. The molecule has 1 aliphatic rings. The van der Waals surface area contributed by atoms with Gasteiger partial charge in [0.05, 0.1) is 24.1 Å². The third-order valence-electron chi connectivity index (χ3n) is 4.98. The van der Waals surface area contributed by atoms with E-state index < -0.39 is 0 Å². The Labute approximate surface area is 150 Å². The summed E-state index contributed by atoms with van der Waals surface area (Å²) in [6.45, 7) is 1.76. The maximum atomic E-state index is 12.5. The number of benzene rings is 1. The van der Waals surface area contributed by atoms with E-state index in [2.05, 4.69) is 31.3 Å². The molecule has 0 unspecified atom stereocenters. The number of nitrogens with one attached hydrogen (secondary N) is 1. The van der Waals surface area contributed by atoms with Gasteiger partial charge in [0.25, 0.3) is 0 Å². The van der Waals surface area contributed by atoms with Crippen LogP contribution < -0.4 is 5.32 Å². The lowest BCUT2D eigenvalue weighted by molar-refractivity contribution is -0.122. The van der Waals surface area contributed by atoms with Crippen LogP contribution in [0.1, 0.15) is 35.8 Å². The van der Waals surface area contributed by atoms with Crippen molar-refractivity contribution in [1.29, 1.82) is 0 Å². The Kier molecular flexibility index (Phi) is 4.38. The van der Waals surface area contributed by atoms with E-state index in [0.29, 0.717) is 24.2 Å². The number of aromatic nitrogens is 3. The third-order valence-corrected chi connectivity index (χ3v) is 4.98. The van der Waals surface area contributed by atoms with Crippen LogP contribution in [0.25, 0.3) is 10.9 Å². The first-order valence-corrected chi connectivity index (χ1v) is 8.70. The minimum atomic E-state index is -0.296. The molecule has 1 saturated carbocycles. The molecule has 3 aromatic rings. The maximum absolute atomic E-state index is 12.5. The second-order valence-corrected chi connectivity index (χ2v) is 6.86. The van der Waals surface area contributed by atoms with Crippen LogP contribution in [0.3, 0.4) is 0 Å². The van der Waals surface area contributed by atoms with Gasteiger partial charge in [0.1, 0.15) is 11.4 Å². The van der Waals surface area contributed by atoms with Gasteiger partial charge in [-0.15, -0.1) is 0 Å². The van der Waals surface area contributed by atoms with Crippen molar-refractivity contribution in [2.24, 2.45) is 5.92 Å². The molecule has 2 N–H and O–H groups in total. The second-order valence-electron chi connectivity index (χ2n) is 6.86. The van der Waals surface area contributed by atoms with Crippen molar-refractivity contribution in [1.82, 2.24) is 20.6 Å². The number of hydrogen-bond acceptors (Lipinski definition) is 6. The van der Waals surface area contributed by atoms with Crippen LogP contribution in [0.15, 0.2) is 41.2 Å². The van der Waals surface area contributed by atoms with Crippen LogP contribution in [-0.2, 0) is 11.2 Å². The van der Waals surface area contributed by atoms with Gasteiger partial charge >= 0.3 is 0 Å². The number of para-hydroxylation sites is 1. The molecule has 2 heterocycles. The molecule has 7 nitrogen and oxygen atoms in total. The molecule has 1 atom stereocenters. The number of pyridine rings is 1. The van der Waals surface area contributed by atoms with Crippen molar-refractivity contribution in [2.75, 3.05) is 0 Å². The molecule has 2 aromatic heterocycles. The highest BCUT2D eigenvalue weighted by molar-refractivity contribution is 5.80. The average molecular weight is 352 g/mol. The number of aliphatic hydroxyl groups is 1. The maximum Gasteiger partial charge on any atom is 0.226 e. The predicted octanol–water partition coefficient (Wildman–Crippen LogP) is 2.10. The summed E-state index contributed by atoms with van der Waals surface area (Å²) in [5.74, 6) is 0.0387. The first kappa shape index (κ1) is 16.7. The summed E-state index contributed by atoms with van der Waals surface area (Å²) in [6, 6.07) is 9.74. The van der Waals surface area contributed by atoms with Crippen LogP contribution in [0.4, 0.5) is 0 Å². The molecular weight excluding hydrogens is 332 g/mol. The molecule has 26 heavy (non-hydrogen) atoms. The second kappa shape index (κ2) is 6.84. The number of amides is 1. The van der Waals surface area contributed by atoms with Gasteiger partial charge in [-0.2, -0.15) is 0 Å². The van der Waals surface area contributed by atoms with Gasteiger partial charge in [-0.3, -0.25) is 9.78 Å². The highest BCUT2D eigenvalue weighted by Gasteiger charge is 2.36. The number of hydrogen-bond donors (Lipinski definition) is 2. The smallest absolute Gasteiger partial charge is 0.226 e. The van der Waals surface area contributed by atoms with Crippen molar-refractivity contribution in [3.05, 3.63) is 53.5 Å². The van der Waals surface area contributed by atoms with E-state index in [-0.39, 0.29) is 30.4 Å². The van der Waals surface area contributed by atoms with Gasteiger partial charge in [0, 0.05) is 11.6 Å². The Hall–Kier alpha value is -2.80. The molecule has 1 fully saturated rings. The van der Waals surface area contributed by atoms with E-state index >= 15 is 0 Å². The van der Waals surface area contributed by atoms with E-state index in [9.17, 15) is 9.90 Å². The fourth-order valence-electron chi connectivity index (χ4n) is 3.42. The van der Waals surface area contributed by atoms with E-state index in [1.54, 1.807) is 13.1 Å².